The quantitative estimate of drug-likeness (QED) is 0.791. The number of aromatic nitrogens is 2. The maximum absolute atomic E-state index is 12.8. The van der Waals surface area contributed by atoms with E-state index < -0.39 is 0 Å². The minimum atomic E-state index is -0.304. The van der Waals surface area contributed by atoms with Crippen LogP contribution in [0.25, 0.3) is 0 Å². The number of benzene rings is 1. The smallest absolute Gasteiger partial charge is 0.173 e. The summed E-state index contributed by atoms with van der Waals surface area (Å²) in [6.45, 7) is 0. The Bertz CT molecular complexity index is 559. The van der Waals surface area contributed by atoms with Crippen molar-refractivity contribution in [2.24, 2.45) is 0 Å². The van der Waals surface area contributed by atoms with E-state index in [9.17, 15) is 4.39 Å². The molecule has 2 aromatic rings. The summed E-state index contributed by atoms with van der Waals surface area (Å²) >= 11 is 0. The fraction of sp³-hybridized carbons (Fsp3) is 0.0833. The van der Waals surface area contributed by atoms with Gasteiger partial charge >= 0.3 is 0 Å². The maximum Gasteiger partial charge on any atom is 0.173 e. The van der Waals surface area contributed by atoms with Crippen LogP contribution in [0.3, 0.4) is 0 Å². The number of anilines is 2. The van der Waals surface area contributed by atoms with Crippen LogP contribution >= 0.6 is 0 Å². The van der Waals surface area contributed by atoms with Crippen molar-refractivity contribution in [1.82, 2.24) is 10.2 Å². The number of hydrogen-bond donors (Lipinski definition) is 0. The van der Waals surface area contributed by atoms with Gasteiger partial charge in [0.25, 0.3) is 0 Å². The third-order valence-corrected chi connectivity index (χ3v) is 2.35. The molecular formula is C12H9FN4. The topological polar surface area (TPSA) is 52.8 Å². The average molecular weight is 228 g/mol. The number of nitriles is 1. The molecule has 0 unspecified atom stereocenters. The molecule has 0 fully saturated rings. The molecule has 0 saturated carbocycles. The normalized spacial score (nSPS) is 9.71. The lowest BCUT2D eigenvalue weighted by atomic mass is 10.2. The van der Waals surface area contributed by atoms with Crippen LogP contribution in [0.2, 0.25) is 0 Å². The summed E-state index contributed by atoms with van der Waals surface area (Å²) in [7, 11) is 1.75. The highest BCUT2D eigenvalue weighted by atomic mass is 19.1. The van der Waals surface area contributed by atoms with E-state index in [1.54, 1.807) is 30.1 Å². The summed E-state index contributed by atoms with van der Waals surface area (Å²) < 4.78 is 12.8. The van der Waals surface area contributed by atoms with E-state index in [1.807, 2.05) is 6.07 Å². The van der Waals surface area contributed by atoms with E-state index in [0.29, 0.717) is 11.4 Å². The van der Waals surface area contributed by atoms with Gasteiger partial charge in [-0.25, -0.2) is 4.39 Å². The van der Waals surface area contributed by atoms with Crippen molar-refractivity contribution in [3.8, 4) is 6.07 Å². The first-order chi connectivity index (χ1) is 8.22. The van der Waals surface area contributed by atoms with E-state index >= 15 is 0 Å². The lowest BCUT2D eigenvalue weighted by molar-refractivity contribution is 0.628. The summed E-state index contributed by atoms with van der Waals surface area (Å²) in [6, 6.07) is 9.57. The molecule has 5 heteroatoms. The molecule has 0 spiro atoms. The SMILES string of the molecule is CN(c1ccc(F)cc1)c1nnccc1C#N. The summed E-state index contributed by atoms with van der Waals surface area (Å²) in [5.74, 6) is 0.142. The minimum absolute atomic E-state index is 0.304. The van der Waals surface area contributed by atoms with Crippen LogP contribution in [-0.4, -0.2) is 17.2 Å². The Morgan fingerprint density at radius 1 is 1.24 bits per heavy atom. The number of rotatable bonds is 2. The van der Waals surface area contributed by atoms with E-state index in [2.05, 4.69) is 10.2 Å². The number of hydrogen-bond acceptors (Lipinski definition) is 4. The van der Waals surface area contributed by atoms with E-state index in [-0.39, 0.29) is 5.82 Å². The third kappa shape index (κ3) is 2.21. The molecule has 0 N–H and O–H groups in total. The highest BCUT2D eigenvalue weighted by Crippen LogP contribution is 2.23. The lowest BCUT2D eigenvalue weighted by Crippen LogP contribution is -2.13. The van der Waals surface area contributed by atoms with Crippen molar-refractivity contribution in [3.63, 3.8) is 0 Å². The first-order valence-corrected chi connectivity index (χ1v) is 4.93. The zero-order valence-corrected chi connectivity index (χ0v) is 9.13. The van der Waals surface area contributed by atoms with Gasteiger partial charge in [-0.05, 0) is 30.3 Å². The van der Waals surface area contributed by atoms with Crippen LogP contribution < -0.4 is 4.90 Å². The van der Waals surface area contributed by atoms with E-state index in [0.717, 1.165) is 5.69 Å². The Labute approximate surface area is 97.9 Å². The van der Waals surface area contributed by atoms with Gasteiger partial charge in [0.15, 0.2) is 5.82 Å². The molecule has 0 atom stereocenters. The Morgan fingerprint density at radius 3 is 2.59 bits per heavy atom. The molecule has 2 rings (SSSR count). The standard InChI is InChI=1S/C12H9FN4/c1-17(11-4-2-10(13)3-5-11)12-9(8-14)6-7-15-16-12/h2-7H,1H3. The van der Waals surface area contributed by atoms with Crippen LogP contribution in [0.1, 0.15) is 5.56 Å². The van der Waals surface area contributed by atoms with Gasteiger partial charge < -0.3 is 4.90 Å². The van der Waals surface area contributed by atoms with Crippen molar-refractivity contribution in [1.29, 1.82) is 5.26 Å². The molecule has 4 nitrogen and oxygen atoms in total. The number of nitrogens with zero attached hydrogens (tertiary/aromatic N) is 4. The lowest BCUT2D eigenvalue weighted by Gasteiger charge is -2.18. The predicted molar refractivity (Wildman–Crippen MR) is 61.2 cm³/mol. The molecule has 0 radical (unpaired) electrons. The second-order valence-electron chi connectivity index (χ2n) is 3.42. The van der Waals surface area contributed by atoms with Crippen molar-refractivity contribution in [2.45, 2.75) is 0 Å². The van der Waals surface area contributed by atoms with Gasteiger partial charge in [0, 0.05) is 12.7 Å². The van der Waals surface area contributed by atoms with Crippen LogP contribution in [-0.2, 0) is 0 Å². The summed E-state index contributed by atoms with van der Waals surface area (Å²) in [4.78, 5) is 1.69. The first-order valence-electron chi connectivity index (χ1n) is 4.93. The molecule has 0 aliphatic rings. The summed E-state index contributed by atoms with van der Waals surface area (Å²) in [5, 5.41) is 16.6. The second kappa shape index (κ2) is 4.58. The van der Waals surface area contributed by atoms with Gasteiger partial charge in [-0.15, -0.1) is 5.10 Å². The molecule has 84 valence electrons. The Hall–Kier alpha value is -2.48. The van der Waals surface area contributed by atoms with Crippen LogP contribution in [0.5, 0.6) is 0 Å². The van der Waals surface area contributed by atoms with Crippen LogP contribution in [0.4, 0.5) is 15.9 Å². The molecule has 0 aliphatic carbocycles. The van der Waals surface area contributed by atoms with Gasteiger partial charge in [-0.2, -0.15) is 10.4 Å². The van der Waals surface area contributed by atoms with Crippen molar-refractivity contribution >= 4 is 11.5 Å². The van der Waals surface area contributed by atoms with Gasteiger partial charge in [0.05, 0.1) is 11.8 Å². The van der Waals surface area contributed by atoms with Gasteiger partial charge in [-0.3, -0.25) is 0 Å². The fourth-order valence-electron chi connectivity index (χ4n) is 1.45. The monoisotopic (exact) mass is 228 g/mol. The van der Waals surface area contributed by atoms with Crippen molar-refractivity contribution in [3.05, 3.63) is 47.9 Å². The van der Waals surface area contributed by atoms with Crippen molar-refractivity contribution in [2.75, 3.05) is 11.9 Å². The van der Waals surface area contributed by atoms with E-state index in [1.165, 1.54) is 18.3 Å². The highest BCUT2D eigenvalue weighted by molar-refractivity contribution is 5.64. The molecule has 17 heavy (non-hydrogen) atoms. The molecule has 0 bridgehead atoms. The summed E-state index contributed by atoms with van der Waals surface area (Å²) in [5.41, 5.74) is 1.16. The number of halogens is 1. The molecule has 1 aromatic heterocycles. The molecule has 0 aliphatic heterocycles. The molecule has 1 heterocycles. The molecule has 0 amide bonds. The second-order valence-corrected chi connectivity index (χ2v) is 3.42. The van der Waals surface area contributed by atoms with E-state index in [4.69, 9.17) is 5.26 Å². The molecule has 1 aromatic carbocycles. The first kappa shape index (κ1) is 11.0. The van der Waals surface area contributed by atoms with Gasteiger partial charge in [0.1, 0.15) is 11.9 Å². The predicted octanol–water partition coefficient (Wildman–Crippen LogP) is 2.26. The van der Waals surface area contributed by atoms with Gasteiger partial charge in [0.2, 0.25) is 0 Å². The highest BCUT2D eigenvalue weighted by Gasteiger charge is 2.10. The zero-order chi connectivity index (χ0) is 12.3. The zero-order valence-electron chi connectivity index (χ0n) is 9.13. The van der Waals surface area contributed by atoms with Gasteiger partial charge in [-0.1, -0.05) is 0 Å². The van der Waals surface area contributed by atoms with Crippen molar-refractivity contribution < 1.29 is 4.39 Å². The minimum Gasteiger partial charge on any atom is -0.327 e. The Balaban J connectivity index is 2.40. The largest absolute Gasteiger partial charge is 0.327 e. The van der Waals surface area contributed by atoms with Crippen LogP contribution in [0.15, 0.2) is 36.5 Å². The fourth-order valence-corrected chi connectivity index (χ4v) is 1.45. The maximum atomic E-state index is 12.8. The van der Waals surface area contributed by atoms with Crippen LogP contribution in [0, 0.1) is 17.1 Å². The third-order valence-electron chi connectivity index (χ3n) is 2.35. The Morgan fingerprint density at radius 2 is 1.94 bits per heavy atom. The Kier molecular flexibility index (Phi) is 2.97. The molecular weight excluding hydrogens is 219 g/mol. The average Bonchev–Trinajstić information content (AvgIpc) is 2.39. The molecule has 0 saturated heterocycles. The summed E-state index contributed by atoms with van der Waals surface area (Å²) in [6.07, 6.45) is 1.46.